The molecule has 1 unspecified atom stereocenters. The smallest absolute Gasteiger partial charge is 0.255 e. The Bertz CT molecular complexity index is 595. The van der Waals surface area contributed by atoms with Crippen LogP contribution in [0.2, 0.25) is 0 Å². The number of nitrogens with two attached hydrogens (primary N) is 1. The molecule has 0 spiro atoms. The topological polar surface area (TPSA) is 84.7 Å². The number of hydrogen-bond donors (Lipinski definition) is 2. The maximum Gasteiger partial charge on any atom is 0.255 e. The molecule has 0 saturated carbocycles. The van der Waals surface area contributed by atoms with E-state index in [0.29, 0.717) is 36.9 Å². The molecule has 0 aliphatic carbocycles. The average Bonchev–Trinajstić information content (AvgIpc) is 2.65. The molecule has 138 valence electrons. The van der Waals surface area contributed by atoms with Crippen LogP contribution in [0.4, 0.5) is 0 Å². The third-order valence-electron chi connectivity index (χ3n) is 4.83. The number of para-hydroxylation sites is 1. The molecule has 25 heavy (non-hydrogen) atoms. The molecular formula is C19H29N3O3. The van der Waals surface area contributed by atoms with Gasteiger partial charge in [0.15, 0.2) is 0 Å². The van der Waals surface area contributed by atoms with Crippen LogP contribution >= 0.6 is 0 Å². The highest BCUT2D eigenvalue weighted by Crippen LogP contribution is 2.20. The molecule has 6 nitrogen and oxygen atoms in total. The Morgan fingerprint density at radius 2 is 1.92 bits per heavy atom. The van der Waals surface area contributed by atoms with E-state index in [1.807, 2.05) is 24.8 Å². The van der Waals surface area contributed by atoms with Gasteiger partial charge in [-0.05, 0) is 43.4 Å². The van der Waals surface area contributed by atoms with Gasteiger partial charge in [-0.3, -0.25) is 9.59 Å². The normalized spacial score (nSPS) is 16.6. The Morgan fingerprint density at radius 3 is 2.48 bits per heavy atom. The third kappa shape index (κ3) is 4.72. The van der Waals surface area contributed by atoms with E-state index >= 15 is 0 Å². The lowest BCUT2D eigenvalue weighted by Crippen LogP contribution is -2.53. The van der Waals surface area contributed by atoms with E-state index in [1.165, 1.54) is 7.11 Å². The average molecular weight is 347 g/mol. The van der Waals surface area contributed by atoms with Crippen LogP contribution in [0.5, 0.6) is 5.75 Å². The lowest BCUT2D eigenvalue weighted by molar-refractivity contribution is -0.135. The van der Waals surface area contributed by atoms with Gasteiger partial charge in [0.25, 0.3) is 5.91 Å². The van der Waals surface area contributed by atoms with E-state index in [1.54, 1.807) is 18.2 Å². The number of nitrogens with zero attached hydrogens (tertiary/aromatic N) is 1. The van der Waals surface area contributed by atoms with Crippen molar-refractivity contribution < 1.29 is 14.3 Å². The number of likely N-dealkylation sites (tertiary alicyclic amines) is 1. The van der Waals surface area contributed by atoms with Gasteiger partial charge in [0.05, 0.1) is 12.7 Å². The molecule has 1 saturated heterocycles. The van der Waals surface area contributed by atoms with E-state index in [2.05, 4.69) is 5.32 Å². The zero-order chi connectivity index (χ0) is 18.4. The summed E-state index contributed by atoms with van der Waals surface area (Å²) in [6, 6.07) is 6.47. The quantitative estimate of drug-likeness (QED) is 0.819. The van der Waals surface area contributed by atoms with E-state index < -0.39 is 6.04 Å². The Kier molecular flexibility index (Phi) is 6.82. The second-order valence-electron chi connectivity index (χ2n) is 6.90. The van der Waals surface area contributed by atoms with Crippen molar-refractivity contribution in [2.75, 3.05) is 26.7 Å². The minimum Gasteiger partial charge on any atom is -0.496 e. The standard InChI is InChI=1S/C19H29N3O3/c1-13(2)17(19(24)22-10-8-14(12-20)9-11-22)21-18(23)15-6-4-5-7-16(15)25-3/h4-7,13-14,17H,8-12,20H2,1-3H3,(H,21,23). The van der Waals surface area contributed by atoms with E-state index in [0.717, 1.165) is 12.8 Å². The zero-order valence-corrected chi connectivity index (χ0v) is 15.3. The summed E-state index contributed by atoms with van der Waals surface area (Å²) in [6.07, 6.45) is 1.85. The van der Waals surface area contributed by atoms with Gasteiger partial charge in [0.1, 0.15) is 11.8 Å². The van der Waals surface area contributed by atoms with Crippen molar-refractivity contribution in [3.63, 3.8) is 0 Å². The number of nitrogens with one attached hydrogen (secondary N) is 1. The molecule has 1 fully saturated rings. The van der Waals surface area contributed by atoms with Gasteiger partial charge in [0, 0.05) is 13.1 Å². The second-order valence-corrected chi connectivity index (χ2v) is 6.90. The number of carbonyl (C=O) groups is 2. The third-order valence-corrected chi connectivity index (χ3v) is 4.83. The minimum atomic E-state index is -0.549. The van der Waals surface area contributed by atoms with E-state index in [9.17, 15) is 9.59 Å². The summed E-state index contributed by atoms with van der Waals surface area (Å²) in [4.78, 5) is 27.4. The van der Waals surface area contributed by atoms with Gasteiger partial charge in [-0.2, -0.15) is 0 Å². The van der Waals surface area contributed by atoms with Crippen LogP contribution in [0, 0.1) is 11.8 Å². The first kappa shape index (κ1) is 19.2. The summed E-state index contributed by atoms with van der Waals surface area (Å²) in [7, 11) is 1.53. The number of ether oxygens (including phenoxy) is 1. The first-order chi connectivity index (χ1) is 12.0. The molecule has 1 heterocycles. The van der Waals surface area contributed by atoms with Crippen LogP contribution < -0.4 is 15.8 Å². The highest BCUT2D eigenvalue weighted by atomic mass is 16.5. The van der Waals surface area contributed by atoms with Crippen molar-refractivity contribution in [1.82, 2.24) is 10.2 Å². The predicted molar refractivity (Wildman–Crippen MR) is 97.4 cm³/mol. The van der Waals surface area contributed by atoms with Crippen LogP contribution in [0.25, 0.3) is 0 Å². The molecule has 1 aliphatic rings. The molecular weight excluding hydrogens is 318 g/mol. The van der Waals surface area contributed by atoms with Crippen molar-refractivity contribution in [1.29, 1.82) is 0 Å². The molecule has 6 heteroatoms. The first-order valence-corrected chi connectivity index (χ1v) is 8.90. The summed E-state index contributed by atoms with van der Waals surface area (Å²) < 4.78 is 5.24. The Labute approximate surface area is 149 Å². The molecule has 0 radical (unpaired) electrons. The van der Waals surface area contributed by atoms with Crippen LogP contribution in [-0.2, 0) is 4.79 Å². The Hall–Kier alpha value is -2.08. The van der Waals surface area contributed by atoms with Crippen LogP contribution in [-0.4, -0.2) is 49.5 Å². The van der Waals surface area contributed by atoms with E-state index in [4.69, 9.17) is 10.5 Å². The number of amides is 2. The molecule has 2 rings (SSSR count). The van der Waals surface area contributed by atoms with Gasteiger partial charge in [-0.15, -0.1) is 0 Å². The molecule has 3 N–H and O–H groups in total. The van der Waals surface area contributed by atoms with Gasteiger partial charge in [0.2, 0.25) is 5.91 Å². The molecule has 1 aliphatic heterocycles. The number of methoxy groups -OCH3 is 1. The van der Waals surface area contributed by atoms with Gasteiger partial charge >= 0.3 is 0 Å². The van der Waals surface area contributed by atoms with Crippen molar-refractivity contribution >= 4 is 11.8 Å². The highest BCUT2D eigenvalue weighted by Gasteiger charge is 2.31. The molecule has 0 bridgehead atoms. The zero-order valence-electron chi connectivity index (χ0n) is 15.3. The van der Waals surface area contributed by atoms with Crippen molar-refractivity contribution in [3.05, 3.63) is 29.8 Å². The Morgan fingerprint density at radius 1 is 1.28 bits per heavy atom. The van der Waals surface area contributed by atoms with Gasteiger partial charge < -0.3 is 20.7 Å². The minimum absolute atomic E-state index is 0.00149. The number of rotatable bonds is 6. The number of piperidine rings is 1. The van der Waals surface area contributed by atoms with E-state index in [-0.39, 0.29) is 17.7 Å². The number of carbonyl (C=O) groups excluding carboxylic acids is 2. The fourth-order valence-electron chi connectivity index (χ4n) is 3.15. The maximum absolute atomic E-state index is 12.9. The molecule has 1 aromatic rings. The Balaban J connectivity index is 2.08. The SMILES string of the molecule is COc1ccccc1C(=O)NC(C(=O)N1CCC(CN)CC1)C(C)C. The van der Waals surface area contributed by atoms with Gasteiger partial charge in [-0.25, -0.2) is 0 Å². The predicted octanol–water partition coefficient (Wildman–Crippen LogP) is 1.65. The van der Waals surface area contributed by atoms with Crippen molar-refractivity contribution in [2.24, 2.45) is 17.6 Å². The summed E-state index contributed by atoms with van der Waals surface area (Å²) in [6.45, 7) is 5.96. The monoisotopic (exact) mass is 347 g/mol. The maximum atomic E-state index is 12.9. The number of benzene rings is 1. The summed E-state index contributed by atoms with van der Waals surface area (Å²) in [5.41, 5.74) is 6.15. The molecule has 2 amide bonds. The molecule has 0 aromatic heterocycles. The summed E-state index contributed by atoms with van der Waals surface area (Å²) in [5, 5.41) is 2.89. The fraction of sp³-hybridized carbons (Fsp3) is 0.579. The second kappa shape index (κ2) is 8.85. The van der Waals surface area contributed by atoms with Crippen molar-refractivity contribution in [2.45, 2.75) is 32.7 Å². The number of hydrogen-bond acceptors (Lipinski definition) is 4. The van der Waals surface area contributed by atoms with Crippen LogP contribution in [0.3, 0.4) is 0 Å². The molecule has 1 aromatic carbocycles. The van der Waals surface area contributed by atoms with Crippen LogP contribution in [0.15, 0.2) is 24.3 Å². The first-order valence-electron chi connectivity index (χ1n) is 8.90. The summed E-state index contributed by atoms with van der Waals surface area (Å²) in [5.74, 6) is 0.678. The summed E-state index contributed by atoms with van der Waals surface area (Å²) >= 11 is 0. The van der Waals surface area contributed by atoms with Crippen molar-refractivity contribution in [3.8, 4) is 5.75 Å². The lowest BCUT2D eigenvalue weighted by Gasteiger charge is -2.35. The fourth-order valence-corrected chi connectivity index (χ4v) is 3.15. The van der Waals surface area contributed by atoms with Gasteiger partial charge in [-0.1, -0.05) is 26.0 Å². The molecule has 1 atom stereocenters. The largest absolute Gasteiger partial charge is 0.496 e. The highest BCUT2D eigenvalue weighted by molar-refractivity contribution is 5.99. The lowest BCUT2D eigenvalue weighted by atomic mass is 9.95. The van der Waals surface area contributed by atoms with Crippen LogP contribution in [0.1, 0.15) is 37.0 Å².